The van der Waals surface area contributed by atoms with Gasteiger partial charge in [0.15, 0.2) is 0 Å². The molecule has 4 heteroatoms. The molecule has 98 valence electrons. The number of amides is 2. The largest absolute Gasteiger partial charge is 0.491 e. The highest BCUT2D eigenvalue weighted by atomic mass is 16.5. The average molecular weight is 248 g/mol. The molecule has 1 unspecified atom stereocenters. The fraction of sp³-hybridized carbons (Fsp3) is 0.500. The predicted octanol–water partition coefficient (Wildman–Crippen LogP) is 2.47. The van der Waals surface area contributed by atoms with Gasteiger partial charge in [0.2, 0.25) is 0 Å². The van der Waals surface area contributed by atoms with Gasteiger partial charge in [0.1, 0.15) is 12.4 Å². The third-order valence-electron chi connectivity index (χ3n) is 2.78. The van der Waals surface area contributed by atoms with Gasteiger partial charge in [0.25, 0.3) is 0 Å². The van der Waals surface area contributed by atoms with Crippen LogP contribution in [0.2, 0.25) is 0 Å². The molecule has 1 atom stereocenters. The van der Waals surface area contributed by atoms with Gasteiger partial charge in [0, 0.05) is 12.1 Å². The molecule has 0 radical (unpaired) electrons. The molecule has 1 aromatic carbocycles. The van der Waals surface area contributed by atoms with Crippen LogP contribution in [0.5, 0.6) is 5.75 Å². The zero-order valence-electron chi connectivity index (χ0n) is 11.1. The molecule has 2 N–H and O–H groups in total. The van der Waals surface area contributed by atoms with E-state index in [2.05, 4.69) is 31.4 Å². The third-order valence-corrected chi connectivity index (χ3v) is 2.78. The number of carbonyl (C=O) groups excluding carboxylic acids is 1. The molecule has 18 heavy (non-hydrogen) atoms. The van der Waals surface area contributed by atoms with Crippen molar-refractivity contribution in [3.05, 3.63) is 29.8 Å². The Morgan fingerprint density at radius 2 is 2.11 bits per heavy atom. The standard InChI is InChI=1S/C14H20N2O2/c1-14(2,3)9-15-13(17)16-11-8-18-12-7-5-4-6-10(11)12/h4-7,11H,8-9H2,1-3H3,(H2,15,16,17). The van der Waals surface area contributed by atoms with Gasteiger partial charge in [-0.3, -0.25) is 0 Å². The van der Waals surface area contributed by atoms with Crippen molar-refractivity contribution in [2.24, 2.45) is 5.41 Å². The Hall–Kier alpha value is -1.71. The van der Waals surface area contributed by atoms with Crippen molar-refractivity contribution in [2.45, 2.75) is 26.8 Å². The Balaban J connectivity index is 1.90. The Bertz CT molecular complexity index is 438. The Morgan fingerprint density at radius 1 is 1.39 bits per heavy atom. The van der Waals surface area contributed by atoms with Crippen molar-refractivity contribution in [3.63, 3.8) is 0 Å². The van der Waals surface area contributed by atoms with Crippen LogP contribution in [-0.2, 0) is 0 Å². The molecule has 1 aliphatic rings. The van der Waals surface area contributed by atoms with E-state index >= 15 is 0 Å². The van der Waals surface area contributed by atoms with Gasteiger partial charge >= 0.3 is 6.03 Å². The molecule has 1 aromatic rings. The maximum absolute atomic E-state index is 11.8. The lowest BCUT2D eigenvalue weighted by Gasteiger charge is -2.20. The van der Waals surface area contributed by atoms with Crippen LogP contribution in [0.25, 0.3) is 0 Å². The molecule has 0 spiro atoms. The first kappa shape index (κ1) is 12.7. The number of urea groups is 1. The van der Waals surface area contributed by atoms with E-state index in [0.29, 0.717) is 13.2 Å². The number of fused-ring (bicyclic) bond motifs is 1. The van der Waals surface area contributed by atoms with Crippen LogP contribution in [0.3, 0.4) is 0 Å². The van der Waals surface area contributed by atoms with Crippen LogP contribution >= 0.6 is 0 Å². The van der Waals surface area contributed by atoms with Crippen molar-refractivity contribution in [2.75, 3.05) is 13.2 Å². The van der Waals surface area contributed by atoms with Crippen molar-refractivity contribution >= 4 is 6.03 Å². The minimum Gasteiger partial charge on any atom is -0.491 e. The highest BCUT2D eigenvalue weighted by Gasteiger charge is 2.25. The number of para-hydroxylation sites is 1. The fourth-order valence-corrected chi connectivity index (χ4v) is 1.84. The van der Waals surface area contributed by atoms with Crippen molar-refractivity contribution in [1.82, 2.24) is 10.6 Å². The molecular weight excluding hydrogens is 228 g/mol. The number of hydrogen-bond donors (Lipinski definition) is 2. The highest BCUT2D eigenvalue weighted by Crippen LogP contribution is 2.31. The maximum atomic E-state index is 11.8. The molecule has 4 nitrogen and oxygen atoms in total. The van der Waals surface area contributed by atoms with Crippen molar-refractivity contribution in [1.29, 1.82) is 0 Å². The van der Waals surface area contributed by atoms with E-state index < -0.39 is 0 Å². The Kier molecular flexibility index (Phi) is 3.45. The summed E-state index contributed by atoms with van der Waals surface area (Å²) < 4.78 is 5.51. The van der Waals surface area contributed by atoms with Gasteiger partial charge in [-0.05, 0) is 11.5 Å². The van der Waals surface area contributed by atoms with Crippen molar-refractivity contribution < 1.29 is 9.53 Å². The summed E-state index contributed by atoms with van der Waals surface area (Å²) in [6.45, 7) is 7.40. The molecule has 2 amide bonds. The molecule has 0 fully saturated rings. The highest BCUT2D eigenvalue weighted by molar-refractivity contribution is 5.74. The zero-order valence-corrected chi connectivity index (χ0v) is 11.1. The normalized spacial score (nSPS) is 17.8. The molecule has 1 heterocycles. The topological polar surface area (TPSA) is 50.4 Å². The first-order chi connectivity index (χ1) is 8.46. The van der Waals surface area contributed by atoms with E-state index in [1.165, 1.54) is 0 Å². The summed E-state index contributed by atoms with van der Waals surface area (Å²) in [5.41, 5.74) is 1.13. The first-order valence-electron chi connectivity index (χ1n) is 6.22. The van der Waals surface area contributed by atoms with Crippen LogP contribution < -0.4 is 15.4 Å². The van der Waals surface area contributed by atoms with Crippen LogP contribution in [0.1, 0.15) is 32.4 Å². The monoisotopic (exact) mass is 248 g/mol. The molecule has 0 saturated heterocycles. The predicted molar refractivity (Wildman–Crippen MR) is 70.7 cm³/mol. The number of carbonyl (C=O) groups is 1. The third kappa shape index (κ3) is 3.15. The Labute approximate surface area is 108 Å². The van der Waals surface area contributed by atoms with Gasteiger partial charge in [0.05, 0.1) is 6.04 Å². The van der Waals surface area contributed by atoms with Gasteiger partial charge in [-0.15, -0.1) is 0 Å². The van der Waals surface area contributed by atoms with E-state index in [1.807, 2.05) is 24.3 Å². The second-order valence-electron chi connectivity index (χ2n) is 5.79. The molecule has 2 rings (SSSR count). The lowest BCUT2D eigenvalue weighted by atomic mass is 9.97. The van der Waals surface area contributed by atoms with Gasteiger partial charge in [-0.25, -0.2) is 4.79 Å². The van der Waals surface area contributed by atoms with E-state index in [9.17, 15) is 4.79 Å². The summed E-state index contributed by atoms with van der Waals surface area (Å²) in [5, 5.41) is 5.81. The molecule has 0 saturated carbocycles. The SMILES string of the molecule is CC(C)(C)CNC(=O)NC1COc2ccccc21. The minimum atomic E-state index is -0.143. The zero-order chi connectivity index (χ0) is 13.2. The molecule has 1 aliphatic heterocycles. The quantitative estimate of drug-likeness (QED) is 0.844. The van der Waals surface area contributed by atoms with Gasteiger partial charge in [-0.2, -0.15) is 0 Å². The summed E-state index contributed by atoms with van der Waals surface area (Å²) in [7, 11) is 0. The summed E-state index contributed by atoms with van der Waals surface area (Å²) >= 11 is 0. The number of ether oxygens (including phenoxy) is 1. The van der Waals surface area contributed by atoms with E-state index in [4.69, 9.17) is 4.74 Å². The van der Waals surface area contributed by atoms with Crippen LogP contribution in [-0.4, -0.2) is 19.2 Å². The number of benzene rings is 1. The van der Waals surface area contributed by atoms with E-state index in [-0.39, 0.29) is 17.5 Å². The number of nitrogens with one attached hydrogen (secondary N) is 2. The smallest absolute Gasteiger partial charge is 0.315 e. The maximum Gasteiger partial charge on any atom is 0.315 e. The molecular formula is C14H20N2O2. The minimum absolute atomic E-state index is 0.0545. The van der Waals surface area contributed by atoms with Crippen molar-refractivity contribution in [3.8, 4) is 5.75 Å². The van der Waals surface area contributed by atoms with Crippen LogP contribution in [0.15, 0.2) is 24.3 Å². The molecule has 0 aliphatic carbocycles. The Morgan fingerprint density at radius 3 is 2.83 bits per heavy atom. The van der Waals surface area contributed by atoms with Crippen LogP contribution in [0, 0.1) is 5.41 Å². The fourth-order valence-electron chi connectivity index (χ4n) is 1.84. The number of hydrogen-bond acceptors (Lipinski definition) is 2. The first-order valence-corrected chi connectivity index (χ1v) is 6.22. The summed E-state index contributed by atoms with van der Waals surface area (Å²) in [6.07, 6.45) is 0. The molecule has 0 bridgehead atoms. The number of rotatable bonds is 2. The summed E-state index contributed by atoms with van der Waals surface area (Å²) in [6, 6.07) is 7.59. The van der Waals surface area contributed by atoms with Crippen LogP contribution in [0.4, 0.5) is 4.79 Å². The van der Waals surface area contributed by atoms with Gasteiger partial charge < -0.3 is 15.4 Å². The summed E-state index contributed by atoms with van der Waals surface area (Å²) in [5.74, 6) is 0.860. The lowest BCUT2D eigenvalue weighted by Crippen LogP contribution is -2.41. The average Bonchev–Trinajstić information content (AvgIpc) is 2.70. The summed E-state index contributed by atoms with van der Waals surface area (Å²) in [4.78, 5) is 11.8. The van der Waals surface area contributed by atoms with Gasteiger partial charge in [-0.1, -0.05) is 39.0 Å². The van der Waals surface area contributed by atoms with E-state index in [1.54, 1.807) is 0 Å². The second-order valence-corrected chi connectivity index (χ2v) is 5.79. The second kappa shape index (κ2) is 4.88. The molecule has 0 aromatic heterocycles. The lowest BCUT2D eigenvalue weighted by molar-refractivity contribution is 0.227. The van der Waals surface area contributed by atoms with E-state index in [0.717, 1.165) is 11.3 Å².